The predicted octanol–water partition coefficient (Wildman–Crippen LogP) is 4.72. The van der Waals surface area contributed by atoms with Crippen molar-refractivity contribution < 1.29 is 4.74 Å². The normalized spacial score (nSPS) is 10.8. The van der Waals surface area contributed by atoms with Crippen LogP contribution in [-0.4, -0.2) is 0 Å². The van der Waals surface area contributed by atoms with Crippen molar-refractivity contribution in [1.82, 2.24) is 0 Å². The molecule has 1 heterocycles. The summed E-state index contributed by atoms with van der Waals surface area (Å²) in [5.41, 5.74) is 7.71. The third-order valence-electron chi connectivity index (χ3n) is 2.90. The molecule has 2 aromatic carbocycles. The minimum Gasteiger partial charge on any atom is -0.487 e. The molecular weight excluding hydrogens is 278 g/mol. The van der Waals surface area contributed by atoms with Crippen molar-refractivity contribution in [2.24, 2.45) is 0 Å². The lowest BCUT2D eigenvalue weighted by atomic mass is 10.2. The first-order chi connectivity index (χ1) is 9.24. The molecule has 96 valence electrons. The second-order valence-electron chi connectivity index (χ2n) is 4.24. The van der Waals surface area contributed by atoms with E-state index in [0.29, 0.717) is 17.4 Å². The van der Waals surface area contributed by atoms with E-state index in [9.17, 15) is 0 Å². The molecule has 0 saturated carbocycles. The van der Waals surface area contributed by atoms with Crippen LogP contribution in [0.25, 0.3) is 10.1 Å². The van der Waals surface area contributed by atoms with Gasteiger partial charge in [0.1, 0.15) is 12.4 Å². The zero-order chi connectivity index (χ0) is 13.2. The molecule has 0 radical (unpaired) electrons. The lowest BCUT2D eigenvalue weighted by molar-refractivity contribution is 0.308. The van der Waals surface area contributed by atoms with Gasteiger partial charge in [-0.1, -0.05) is 29.8 Å². The van der Waals surface area contributed by atoms with E-state index in [-0.39, 0.29) is 0 Å². The fourth-order valence-corrected chi connectivity index (χ4v) is 3.11. The summed E-state index contributed by atoms with van der Waals surface area (Å²) in [7, 11) is 0. The maximum absolute atomic E-state index is 6.06. The van der Waals surface area contributed by atoms with Gasteiger partial charge in [0.15, 0.2) is 0 Å². The number of nitrogens with two attached hydrogens (primary N) is 1. The number of anilines is 1. The van der Waals surface area contributed by atoms with Crippen molar-refractivity contribution >= 4 is 38.7 Å². The Hall–Kier alpha value is -1.71. The van der Waals surface area contributed by atoms with Gasteiger partial charge in [0, 0.05) is 16.0 Å². The molecule has 3 rings (SSSR count). The summed E-state index contributed by atoms with van der Waals surface area (Å²) in [6.45, 7) is 0.508. The van der Waals surface area contributed by atoms with Crippen LogP contribution in [0, 0.1) is 0 Å². The second kappa shape index (κ2) is 5.11. The summed E-state index contributed by atoms with van der Waals surface area (Å²) in [5, 5.41) is 3.92. The van der Waals surface area contributed by atoms with Crippen molar-refractivity contribution in [3.05, 3.63) is 58.4 Å². The first-order valence-electron chi connectivity index (χ1n) is 5.87. The zero-order valence-electron chi connectivity index (χ0n) is 10.1. The lowest BCUT2D eigenvalue weighted by Crippen LogP contribution is -1.94. The number of hydrogen-bond acceptors (Lipinski definition) is 3. The maximum atomic E-state index is 6.06. The molecule has 0 aliphatic rings. The van der Waals surface area contributed by atoms with Gasteiger partial charge in [-0.15, -0.1) is 11.3 Å². The van der Waals surface area contributed by atoms with Gasteiger partial charge in [-0.3, -0.25) is 0 Å². The third kappa shape index (κ3) is 2.53. The highest BCUT2D eigenvalue weighted by atomic mass is 35.5. The van der Waals surface area contributed by atoms with Crippen LogP contribution in [0.4, 0.5) is 5.69 Å². The molecule has 19 heavy (non-hydrogen) atoms. The predicted molar refractivity (Wildman–Crippen MR) is 82.0 cm³/mol. The Bertz CT molecular complexity index is 723. The molecule has 2 nitrogen and oxygen atoms in total. The summed E-state index contributed by atoms with van der Waals surface area (Å²) in [4.78, 5) is 0. The number of nitrogen functional groups attached to an aromatic ring is 1. The van der Waals surface area contributed by atoms with E-state index in [1.54, 1.807) is 11.3 Å². The minimum atomic E-state index is 0.508. The summed E-state index contributed by atoms with van der Waals surface area (Å²) >= 11 is 7.74. The Morgan fingerprint density at radius 1 is 1.16 bits per heavy atom. The van der Waals surface area contributed by atoms with Gasteiger partial charge in [0.25, 0.3) is 0 Å². The molecule has 0 amide bonds. The van der Waals surface area contributed by atoms with Crippen molar-refractivity contribution in [1.29, 1.82) is 0 Å². The number of fused-ring (bicyclic) bond motifs is 1. The number of benzene rings is 2. The topological polar surface area (TPSA) is 35.2 Å². The summed E-state index contributed by atoms with van der Waals surface area (Å²) < 4.78 is 6.94. The number of ether oxygens (including phenoxy) is 1. The fraction of sp³-hybridized carbons (Fsp3) is 0.0667. The molecule has 1 aromatic heterocycles. The average Bonchev–Trinajstić information content (AvgIpc) is 2.80. The van der Waals surface area contributed by atoms with Gasteiger partial charge < -0.3 is 10.5 Å². The first kappa shape index (κ1) is 12.3. The highest BCUT2D eigenvalue weighted by molar-refractivity contribution is 7.17. The molecule has 2 N–H and O–H groups in total. The van der Waals surface area contributed by atoms with Gasteiger partial charge >= 0.3 is 0 Å². The second-order valence-corrected chi connectivity index (χ2v) is 5.55. The molecule has 4 heteroatoms. The van der Waals surface area contributed by atoms with E-state index in [1.807, 2.05) is 42.5 Å². The summed E-state index contributed by atoms with van der Waals surface area (Å²) in [6, 6.07) is 13.4. The lowest BCUT2D eigenvalue weighted by Gasteiger charge is -2.07. The molecule has 0 aliphatic heterocycles. The van der Waals surface area contributed by atoms with Gasteiger partial charge in [0.2, 0.25) is 0 Å². The van der Waals surface area contributed by atoms with Crippen LogP contribution in [0.15, 0.2) is 47.8 Å². The molecule has 0 bridgehead atoms. The zero-order valence-corrected chi connectivity index (χ0v) is 11.7. The Morgan fingerprint density at radius 3 is 2.84 bits per heavy atom. The molecular formula is C15H12ClNOS. The van der Waals surface area contributed by atoms with Gasteiger partial charge in [0.05, 0.1) is 5.02 Å². The Kier molecular flexibility index (Phi) is 3.32. The van der Waals surface area contributed by atoms with Crippen molar-refractivity contribution in [3.63, 3.8) is 0 Å². The van der Waals surface area contributed by atoms with E-state index in [2.05, 4.69) is 5.38 Å². The van der Waals surface area contributed by atoms with Crippen LogP contribution >= 0.6 is 22.9 Å². The molecule has 0 atom stereocenters. The number of para-hydroxylation sites is 1. The molecule has 0 fully saturated rings. The first-order valence-corrected chi connectivity index (χ1v) is 7.13. The molecule has 3 aromatic rings. The van der Waals surface area contributed by atoms with Crippen LogP contribution in [0.2, 0.25) is 5.02 Å². The molecule has 0 saturated heterocycles. The monoisotopic (exact) mass is 289 g/mol. The Morgan fingerprint density at radius 2 is 2.00 bits per heavy atom. The van der Waals surface area contributed by atoms with Gasteiger partial charge in [-0.25, -0.2) is 0 Å². The molecule has 0 aliphatic carbocycles. The van der Waals surface area contributed by atoms with E-state index < -0.39 is 0 Å². The van der Waals surface area contributed by atoms with E-state index in [4.69, 9.17) is 22.1 Å². The van der Waals surface area contributed by atoms with Crippen molar-refractivity contribution in [2.75, 3.05) is 5.73 Å². The fourth-order valence-electron chi connectivity index (χ4n) is 1.93. The van der Waals surface area contributed by atoms with Crippen molar-refractivity contribution in [2.45, 2.75) is 6.61 Å². The summed E-state index contributed by atoms with van der Waals surface area (Å²) in [5.74, 6) is 0.707. The molecule has 0 unspecified atom stereocenters. The standard InChI is InChI=1S/C15H12ClNOS/c16-13-3-1-2-4-14(13)18-8-10-9-19-15-7-11(17)5-6-12(10)15/h1-7,9H,8,17H2. The number of hydrogen-bond donors (Lipinski definition) is 1. The highest BCUT2D eigenvalue weighted by Gasteiger charge is 2.06. The number of halogens is 1. The maximum Gasteiger partial charge on any atom is 0.138 e. The van der Waals surface area contributed by atoms with Crippen LogP contribution in [0.1, 0.15) is 5.56 Å². The molecule has 0 spiro atoms. The van der Waals surface area contributed by atoms with Crippen LogP contribution in [-0.2, 0) is 6.61 Å². The third-order valence-corrected chi connectivity index (χ3v) is 4.21. The van der Waals surface area contributed by atoms with Gasteiger partial charge in [-0.2, -0.15) is 0 Å². The Balaban J connectivity index is 1.84. The van der Waals surface area contributed by atoms with E-state index in [0.717, 1.165) is 11.3 Å². The largest absolute Gasteiger partial charge is 0.487 e. The van der Waals surface area contributed by atoms with Gasteiger partial charge in [-0.05, 0) is 35.0 Å². The van der Waals surface area contributed by atoms with Crippen molar-refractivity contribution in [3.8, 4) is 5.75 Å². The van der Waals surface area contributed by atoms with Crippen LogP contribution in [0.3, 0.4) is 0 Å². The average molecular weight is 290 g/mol. The summed E-state index contributed by atoms with van der Waals surface area (Å²) in [6.07, 6.45) is 0. The SMILES string of the molecule is Nc1ccc2c(COc3ccccc3Cl)csc2c1. The highest BCUT2D eigenvalue weighted by Crippen LogP contribution is 2.30. The number of thiophene rings is 1. The van der Waals surface area contributed by atoms with E-state index >= 15 is 0 Å². The van der Waals surface area contributed by atoms with E-state index in [1.165, 1.54) is 10.1 Å². The smallest absolute Gasteiger partial charge is 0.138 e. The number of rotatable bonds is 3. The Labute approximate surface area is 120 Å². The van der Waals surface area contributed by atoms with Crippen LogP contribution in [0.5, 0.6) is 5.75 Å². The van der Waals surface area contributed by atoms with Crippen LogP contribution < -0.4 is 10.5 Å². The quantitative estimate of drug-likeness (QED) is 0.708. The minimum absolute atomic E-state index is 0.508.